The van der Waals surface area contributed by atoms with Crippen LogP contribution in [0.5, 0.6) is 0 Å². The first-order valence-corrected chi connectivity index (χ1v) is 5.34. The van der Waals surface area contributed by atoms with Crippen LogP contribution in [-0.4, -0.2) is 41.8 Å². The van der Waals surface area contributed by atoms with Gasteiger partial charge in [-0.1, -0.05) is 13.8 Å². The molecule has 7 heteroatoms. The molecule has 0 saturated heterocycles. The van der Waals surface area contributed by atoms with Crippen molar-refractivity contribution in [2.24, 2.45) is 5.92 Å². The van der Waals surface area contributed by atoms with E-state index in [9.17, 15) is 18.0 Å². The van der Waals surface area contributed by atoms with Crippen LogP contribution in [0, 0.1) is 5.92 Å². The number of carbonyl (C=O) groups is 1. The van der Waals surface area contributed by atoms with Gasteiger partial charge in [0.1, 0.15) is 0 Å². The summed E-state index contributed by atoms with van der Waals surface area (Å²) in [7, 11) is 0. The zero-order valence-corrected chi connectivity index (χ0v) is 10.8. The largest absolute Gasteiger partial charge is 0.481 e. The van der Waals surface area contributed by atoms with Gasteiger partial charge in [-0.15, -0.1) is 12.4 Å². The molecule has 0 heterocycles. The number of carboxylic acids is 1. The number of hydrogen-bond donors (Lipinski definition) is 1. The van der Waals surface area contributed by atoms with E-state index in [4.69, 9.17) is 5.11 Å². The van der Waals surface area contributed by atoms with Crippen molar-refractivity contribution in [1.82, 2.24) is 4.90 Å². The van der Waals surface area contributed by atoms with Crippen LogP contribution in [0.3, 0.4) is 0 Å². The van der Waals surface area contributed by atoms with Crippen molar-refractivity contribution >= 4 is 18.4 Å². The lowest BCUT2D eigenvalue weighted by atomic mass is 10.0. The fourth-order valence-corrected chi connectivity index (χ4v) is 1.49. The summed E-state index contributed by atoms with van der Waals surface area (Å²) in [6.45, 7) is 5.87. The molecule has 3 nitrogen and oxygen atoms in total. The van der Waals surface area contributed by atoms with E-state index < -0.39 is 18.1 Å². The molecular weight excluding hydrogens is 259 g/mol. The number of aliphatic carboxylic acids is 1. The lowest BCUT2D eigenvalue weighted by Gasteiger charge is -2.20. The Kier molecular flexibility index (Phi) is 9.52. The molecule has 0 fully saturated rings. The van der Waals surface area contributed by atoms with E-state index in [1.54, 1.807) is 0 Å². The van der Waals surface area contributed by atoms with E-state index in [-0.39, 0.29) is 25.2 Å². The third kappa shape index (κ3) is 7.44. The van der Waals surface area contributed by atoms with Gasteiger partial charge in [0.15, 0.2) is 5.92 Å². The molecule has 0 spiro atoms. The Labute approximate surface area is 105 Å². The van der Waals surface area contributed by atoms with Crippen molar-refractivity contribution in [3.8, 4) is 0 Å². The highest BCUT2D eigenvalue weighted by atomic mass is 35.5. The van der Waals surface area contributed by atoms with Crippen LogP contribution in [0.2, 0.25) is 0 Å². The van der Waals surface area contributed by atoms with Gasteiger partial charge in [-0.25, -0.2) is 0 Å². The SMILES string of the molecule is CCN(CC)CCC[C@H](C(=O)O)C(F)(F)F.Cl. The maximum Gasteiger partial charge on any atom is 0.402 e. The number of halogens is 4. The predicted octanol–water partition coefficient (Wildman–Crippen LogP) is 2.79. The lowest BCUT2D eigenvalue weighted by molar-refractivity contribution is -0.194. The van der Waals surface area contributed by atoms with Crippen LogP contribution in [0.1, 0.15) is 26.7 Å². The summed E-state index contributed by atoms with van der Waals surface area (Å²) in [6.07, 6.45) is -4.75. The van der Waals surface area contributed by atoms with Crippen molar-refractivity contribution < 1.29 is 23.1 Å². The van der Waals surface area contributed by atoms with Gasteiger partial charge in [0.25, 0.3) is 0 Å². The maximum atomic E-state index is 12.3. The molecule has 1 atom stereocenters. The van der Waals surface area contributed by atoms with Crippen molar-refractivity contribution in [3.63, 3.8) is 0 Å². The van der Waals surface area contributed by atoms with E-state index in [1.165, 1.54) is 0 Å². The second-order valence-corrected chi connectivity index (χ2v) is 3.60. The van der Waals surface area contributed by atoms with Gasteiger partial charge in [-0.3, -0.25) is 4.79 Å². The minimum Gasteiger partial charge on any atom is -0.481 e. The molecule has 0 rings (SSSR count). The van der Waals surface area contributed by atoms with Gasteiger partial charge in [0.05, 0.1) is 0 Å². The number of rotatable bonds is 7. The zero-order valence-electron chi connectivity index (χ0n) is 9.96. The van der Waals surface area contributed by atoms with Crippen LogP contribution < -0.4 is 0 Å². The van der Waals surface area contributed by atoms with Gasteiger partial charge in [-0.2, -0.15) is 13.2 Å². The van der Waals surface area contributed by atoms with Gasteiger partial charge in [0, 0.05) is 0 Å². The fourth-order valence-electron chi connectivity index (χ4n) is 1.49. The number of alkyl halides is 3. The zero-order chi connectivity index (χ0) is 12.8. The smallest absolute Gasteiger partial charge is 0.402 e. The van der Waals surface area contributed by atoms with Gasteiger partial charge >= 0.3 is 12.1 Å². The van der Waals surface area contributed by atoms with Crippen molar-refractivity contribution in [2.75, 3.05) is 19.6 Å². The molecular formula is C10H19ClF3NO2. The normalized spacial score (nSPS) is 13.3. The van der Waals surface area contributed by atoms with Gasteiger partial charge in [0.2, 0.25) is 0 Å². The molecule has 0 aromatic carbocycles. The Morgan fingerprint density at radius 3 is 2.06 bits per heavy atom. The second kappa shape index (κ2) is 8.58. The summed E-state index contributed by atoms with van der Waals surface area (Å²) in [4.78, 5) is 12.4. The Hall–Kier alpha value is -0.490. The molecule has 0 aliphatic carbocycles. The summed E-state index contributed by atoms with van der Waals surface area (Å²) in [5.41, 5.74) is 0. The second-order valence-electron chi connectivity index (χ2n) is 3.60. The first-order chi connectivity index (χ1) is 7.32. The number of nitrogens with zero attached hydrogens (tertiary/aromatic N) is 1. The Bertz CT molecular complexity index is 220. The van der Waals surface area contributed by atoms with Crippen LogP contribution in [0.4, 0.5) is 13.2 Å². The summed E-state index contributed by atoms with van der Waals surface area (Å²) in [5.74, 6) is -4.02. The van der Waals surface area contributed by atoms with E-state index in [2.05, 4.69) is 0 Å². The lowest BCUT2D eigenvalue weighted by Crippen LogP contribution is -2.32. The Morgan fingerprint density at radius 1 is 1.29 bits per heavy atom. The highest BCUT2D eigenvalue weighted by Gasteiger charge is 2.44. The van der Waals surface area contributed by atoms with Gasteiger partial charge in [-0.05, 0) is 32.5 Å². The average Bonchev–Trinajstić information content (AvgIpc) is 2.15. The molecule has 0 aromatic heterocycles. The fraction of sp³-hybridized carbons (Fsp3) is 0.900. The first-order valence-electron chi connectivity index (χ1n) is 5.34. The minimum absolute atomic E-state index is 0. The molecule has 0 aliphatic rings. The highest BCUT2D eigenvalue weighted by Crippen LogP contribution is 2.29. The van der Waals surface area contributed by atoms with Crippen molar-refractivity contribution in [2.45, 2.75) is 32.9 Å². The van der Waals surface area contributed by atoms with Crippen LogP contribution in [0.25, 0.3) is 0 Å². The standard InChI is InChI=1S/C10H18F3NO2.ClH/c1-3-14(4-2)7-5-6-8(9(15)16)10(11,12)13;/h8H,3-7H2,1-2H3,(H,15,16);1H/t8-;/m1./s1. The summed E-state index contributed by atoms with van der Waals surface area (Å²) >= 11 is 0. The molecule has 0 saturated carbocycles. The summed E-state index contributed by atoms with van der Waals surface area (Å²) in [6, 6.07) is 0. The Morgan fingerprint density at radius 2 is 1.76 bits per heavy atom. The van der Waals surface area contributed by atoms with E-state index in [0.29, 0.717) is 6.54 Å². The molecule has 0 bridgehead atoms. The van der Waals surface area contributed by atoms with E-state index >= 15 is 0 Å². The number of hydrogen-bond acceptors (Lipinski definition) is 2. The van der Waals surface area contributed by atoms with Gasteiger partial charge < -0.3 is 10.0 Å². The highest BCUT2D eigenvalue weighted by molar-refractivity contribution is 5.85. The molecule has 0 amide bonds. The maximum absolute atomic E-state index is 12.3. The third-order valence-corrected chi connectivity index (χ3v) is 2.55. The predicted molar refractivity (Wildman–Crippen MR) is 61.5 cm³/mol. The average molecular weight is 278 g/mol. The van der Waals surface area contributed by atoms with Crippen LogP contribution >= 0.6 is 12.4 Å². The first kappa shape index (κ1) is 18.9. The quantitative estimate of drug-likeness (QED) is 0.778. The topological polar surface area (TPSA) is 40.5 Å². The van der Waals surface area contributed by atoms with Crippen LogP contribution in [-0.2, 0) is 4.79 Å². The molecule has 0 radical (unpaired) electrons. The monoisotopic (exact) mass is 277 g/mol. The van der Waals surface area contributed by atoms with E-state index in [0.717, 1.165) is 13.1 Å². The molecule has 17 heavy (non-hydrogen) atoms. The molecule has 0 unspecified atom stereocenters. The molecule has 1 N–H and O–H groups in total. The minimum atomic E-state index is -4.64. The molecule has 104 valence electrons. The molecule has 0 aromatic rings. The summed E-state index contributed by atoms with van der Waals surface area (Å²) < 4.78 is 36.8. The Balaban J connectivity index is 0. The summed E-state index contributed by atoms with van der Waals surface area (Å²) in [5, 5.41) is 8.45. The number of carboxylic acid groups (broad SMARTS) is 1. The van der Waals surface area contributed by atoms with Crippen molar-refractivity contribution in [1.29, 1.82) is 0 Å². The van der Waals surface area contributed by atoms with E-state index in [1.807, 2.05) is 18.7 Å². The van der Waals surface area contributed by atoms with Crippen molar-refractivity contribution in [3.05, 3.63) is 0 Å². The molecule has 0 aliphatic heterocycles. The van der Waals surface area contributed by atoms with Crippen LogP contribution in [0.15, 0.2) is 0 Å². The third-order valence-electron chi connectivity index (χ3n) is 2.55.